The van der Waals surface area contributed by atoms with Crippen LogP contribution >= 0.6 is 11.3 Å². The van der Waals surface area contributed by atoms with Gasteiger partial charge in [-0.05, 0) is 68.2 Å². The minimum atomic E-state index is -0.111. The standard InChI is InChI=1S/C30H31N5O2S/c1-19(36)31-21-9-11-22(12-10-21)35-29-23-15-16-38-27(23)14-13-24(29)28(32-35)30(37)34-17-25(26(18-34)33(2)3)20-7-5-4-6-8-20/h4-12,15-16,25-26H,13-14,17-18H2,1-3H3,(H,31,36)/t25-,26+/m1/s1. The highest BCUT2D eigenvalue weighted by atomic mass is 32.1. The molecule has 0 radical (unpaired) electrons. The molecule has 0 bridgehead atoms. The molecule has 6 rings (SSSR count). The number of fused-ring (bicyclic) bond motifs is 3. The summed E-state index contributed by atoms with van der Waals surface area (Å²) in [4.78, 5) is 31.1. The van der Waals surface area contributed by atoms with Crippen molar-refractivity contribution in [2.24, 2.45) is 0 Å². The molecule has 1 saturated heterocycles. The van der Waals surface area contributed by atoms with Crippen LogP contribution in [0.4, 0.5) is 5.69 Å². The molecule has 2 amide bonds. The fourth-order valence-electron chi connectivity index (χ4n) is 5.85. The van der Waals surface area contributed by atoms with Crippen molar-refractivity contribution in [2.45, 2.75) is 31.7 Å². The number of nitrogens with one attached hydrogen (secondary N) is 1. The summed E-state index contributed by atoms with van der Waals surface area (Å²) < 4.78 is 1.92. The maximum Gasteiger partial charge on any atom is 0.274 e. The van der Waals surface area contributed by atoms with E-state index in [0.29, 0.717) is 18.8 Å². The maximum absolute atomic E-state index is 14.1. The highest BCUT2D eigenvalue weighted by Gasteiger charge is 2.40. The Labute approximate surface area is 226 Å². The van der Waals surface area contributed by atoms with Crippen molar-refractivity contribution in [1.29, 1.82) is 0 Å². The average molecular weight is 526 g/mol. The number of amides is 2. The van der Waals surface area contributed by atoms with E-state index in [1.54, 1.807) is 11.3 Å². The molecule has 4 aromatic rings. The first-order valence-electron chi connectivity index (χ1n) is 13.0. The Morgan fingerprint density at radius 2 is 1.76 bits per heavy atom. The lowest BCUT2D eigenvalue weighted by Gasteiger charge is -2.25. The minimum Gasteiger partial charge on any atom is -0.335 e. The molecule has 0 saturated carbocycles. The monoisotopic (exact) mass is 525 g/mol. The van der Waals surface area contributed by atoms with E-state index in [4.69, 9.17) is 5.10 Å². The van der Waals surface area contributed by atoms with Crippen LogP contribution in [0.5, 0.6) is 0 Å². The summed E-state index contributed by atoms with van der Waals surface area (Å²) in [6, 6.07) is 20.5. The third-order valence-electron chi connectivity index (χ3n) is 7.69. The second-order valence-electron chi connectivity index (χ2n) is 10.3. The average Bonchev–Trinajstić information content (AvgIpc) is 3.65. The van der Waals surface area contributed by atoms with E-state index in [-0.39, 0.29) is 23.8 Å². The highest BCUT2D eigenvalue weighted by molar-refractivity contribution is 7.10. The molecule has 194 valence electrons. The molecule has 1 fully saturated rings. The lowest BCUT2D eigenvalue weighted by atomic mass is 9.94. The molecule has 38 heavy (non-hydrogen) atoms. The molecule has 1 N–H and O–H groups in total. The molecule has 2 aromatic carbocycles. The van der Waals surface area contributed by atoms with Crippen molar-refractivity contribution >= 4 is 28.8 Å². The number of aryl methyl sites for hydroxylation is 1. The van der Waals surface area contributed by atoms with Crippen LogP contribution in [-0.4, -0.2) is 64.6 Å². The van der Waals surface area contributed by atoms with Crippen LogP contribution in [-0.2, 0) is 17.6 Å². The van der Waals surface area contributed by atoms with E-state index in [2.05, 4.69) is 60.0 Å². The van der Waals surface area contributed by atoms with Crippen molar-refractivity contribution in [3.05, 3.63) is 87.7 Å². The van der Waals surface area contributed by atoms with Gasteiger partial charge in [0.05, 0.1) is 11.4 Å². The summed E-state index contributed by atoms with van der Waals surface area (Å²) in [7, 11) is 4.18. The fourth-order valence-corrected chi connectivity index (χ4v) is 6.73. The second-order valence-corrected chi connectivity index (χ2v) is 11.3. The molecule has 2 aliphatic rings. The molecular formula is C30H31N5O2S. The minimum absolute atomic E-state index is 0.00109. The predicted octanol–water partition coefficient (Wildman–Crippen LogP) is 4.83. The zero-order valence-corrected chi connectivity index (χ0v) is 22.7. The SMILES string of the molecule is CC(=O)Nc1ccc(-n2nc(C(=O)N3C[C@H](c4ccccc4)[C@@H](N(C)C)C3)c3c2-c2ccsc2CC3)cc1. The number of aromatic nitrogens is 2. The van der Waals surface area contributed by atoms with Gasteiger partial charge < -0.3 is 15.1 Å². The zero-order chi connectivity index (χ0) is 26.4. The first-order valence-corrected chi connectivity index (χ1v) is 13.9. The number of hydrogen-bond acceptors (Lipinski definition) is 5. The number of carbonyl (C=O) groups excluding carboxylic acids is 2. The Kier molecular flexibility index (Phi) is 6.37. The Hall–Kier alpha value is -3.75. The Bertz CT molecular complexity index is 1490. The highest BCUT2D eigenvalue weighted by Crippen LogP contribution is 2.40. The van der Waals surface area contributed by atoms with Crippen molar-refractivity contribution in [3.63, 3.8) is 0 Å². The molecule has 7 nitrogen and oxygen atoms in total. The molecule has 2 atom stereocenters. The number of rotatable bonds is 5. The first-order chi connectivity index (χ1) is 18.4. The van der Waals surface area contributed by atoms with E-state index in [1.165, 1.54) is 17.4 Å². The smallest absolute Gasteiger partial charge is 0.274 e. The van der Waals surface area contributed by atoms with Gasteiger partial charge in [0.15, 0.2) is 5.69 Å². The van der Waals surface area contributed by atoms with Gasteiger partial charge in [-0.25, -0.2) is 4.68 Å². The fraction of sp³-hybridized carbons (Fsp3) is 0.300. The summed E-state index contributed by atoms with van der Waals surface area (Å²) >= 11 is 1.76. The number of carbonyl (C=O) groups is 2. The molecule has 2 aromatic heterocycles. The number of benzene rings is 2. The first kappa shape index (κ1) is 24.6. The van der Waals surface area contributed by atoms with E-state index in [1.807, 2.05) is 39.9 Å². The Balaban J connectivity index is 1.39. The lowest BCUT2D eigenvalue weighted by molar-refractivity contribution is -0.114. The molecule has 3 heterocycles. The van der Waals surface area contributed by atoms with Crippen LogP contribution in [0.2, 0.25) is 0 Å². The van der Waals surface area contributed by atoms with Gasteiger partial charge in [-0.1, -0.05) is 30.3 Å². The topological polar surface area (TPSA) is 70.5 Å². The quantitative estimate of drug-likeness (QED) is 0.405. The molecule has 0 spiro atoms. The molecule has 0 unspecified atom stereocenters. The third kappa shape index (κ3) is 4.33. The lowest BCUT2D eigenvalue weighted by Crippen LogP contribution is -2.36. The van der Waals surface area contributed by atoms with Crippen LogP contribution < -0.4 is 5.32 Å². The third-order valence-corrected chi connectivity index (χ3v) is 8.67. The molecular weight excluding hydrogens is 494 g/mol. The number of likely N-dealkylation sites (tertiary alicyclic amines) is 1. The van der Waals surface area contributed by atoms with E-state index >= 15 is 0 Å². The van der Waals surface area contributed by atoms with Gasteiger partial charge in [-0.2, -0.15) is 5.10 Å². The predicted molar refractivity (Wildman–Crippen MR) is 151 cm³/mol. The largest absolute Gasteiger partial charge is 0.335 e. The number of hydrogen-bond donors (Lipinski definition) is 1. The second kappa shape index (κ2) is 9.85. The van der Waals surface area contributed by atoms with Crippen molar-refractivity contribution in [1.82, 2.24) is 19.6 Å². The number of anilines is 1. The van der Waals surface area contributed by atoms with E-state index in [9.17, 15) is 9.59 Å². The summed E-state index contributed by atoms with van der Waals surface area (Å²) in [5, 5.41) is 9.91. The van der Waals surface area contributed by atoms with Gasteiger partial charge in [0.25, 0.3) is 5.91 Å². The number of likely N-dealkylation sites (N-methyl/N-ethyl adjacent to an activating group) is 1. The molecule has 8 heteroatoms. The van der Waals surface area contributed by atoms with Gasteiger partial charge in [0.2, 0.25) is 5.91 Å². The maximum atomic E-state index is 14.1. The number of nitrogens with zero attached hydrogens (tertiary/aromatic N) is 4. The van der Waals surface area contributed by atoms with Gasteiger partial charge >= 0.3 is 0 Å². The van der Waals surface area contributed by atoms with Crippen molar-refractivity contribution in [2.75, 3.05) is 32.5 Å². The van der Waals surface area contributed by atoms with Crippen LogP contribution in [0.25, 0.3) is 16.9 Å². The van der Waals surface area contributed by atoms with Crippen molar-refractivity contribution in [3.8, 4) is 16.9 Å². The van der Waals surface area contributed by atoms with Crippen molar-refractivity contribution < 1.29 is 9.59 Å². The zero-order valence-electron chi connectivity index (χ0n) is 21.8. The summed E-state index contributed by atoms with van der Waals surface area (Å²) in [6.45, 7) is 2.83. The molecule has 1 aliphatic carbocycles. The van der Waals surface area contributed by atoms with Crippen LogP contribution in [0.3, 0.4) is 0 Å². The van der Waals surface area contributed by atoms with E-state index in [0.717, 1.165) is 41.0 Å². The van der Waals surface area contributed by atoms with Gasteiger partial charge in [-0.15, -0.1) is 11.3 Å². The summed E-state index contributed by atoms with van der Waals surface area (Å²) in [5.74, 6) is 0.136. The van der Waals surface area contributed by atoms with E-state index < -0.39 is 0 Å². The Morgan fingerprint density at radius 3 is 2.47 bits per heavy atom. The summed E-state index contributed by atoms with van der Waals surface area (Å²) in [5.41, 5.74) is 6.59. The van der Waals surface area contributed by atoms with Gasteiger partial charge in [0, 0.05) is 53.7 Å². The van der Waals surface area contributed by atoms with Gasteiger partial charge in [-0.3, -0.25) is 9.59 Å². The molecule has 1 aliphatic heterocycles. The van der Waals surface area contributed by atoms with Crippen LogP contribution in [0.15, 0.2) is 66.0 Å². The normalized spacial score (nSPS) is 18.4. The van der Waals surface area contributed by atoms with Crippen LogP contribution in [0.1, 0.15) is 39.3 Å². The Morgan fingerprint density at radius 1 is 1.00 bits per heavy atom. The van der Waals surface area contributed by atoms with Crippen LogP contribution in [0, 0.1) is 0 Å². The number of thiophene rings is 1. The summed E-state index contributed by atoms with van der Waals surface area (Å²) in [6.07, 6.45) is 1.71. The van der Waals surface area contributed by atoms with Gasteiger partial charge in [0.1, 0.15) is 0 Å².